The van der Waals surface area contributed by atoms with Crippen LogP contribution in [0.1, 0.15) is 30.9 Å². The first-order valence-electron chi connectivity index (χ1n) is 8.43. The largest absolute Gasteiger partial charge is 0.354 e. The number of hydrogen-bond donors (Lipinski definition) is 1. The summed E-state index contributed by atoms with van der Waals surface area (Å²) >= 11 is 0. The normalized spacial score (nSPS) is 10.7. The molecule has 0 saturated carbocycles. The van der Waals surface area contributed by atoms with Crippen molar-refractivity contribution in [3.63, 3.8) is 0 Å². The molecule has 0 fully saturated rings. The predicted octanol–water partition coefficient (Wildman–Crippen LogP) is 4.38. The van der Waals surface area contributed by atoms with Crippen LogP contribution < -0.4 is 10.2 Å². The Labute approximate surface area is 148 Å². The van der Waals surface area contributed by atoms with E-state index in [1.54, 1.807) is 6.20 Å². The summed E-state index contributed by atoms with van der Waals surface area (Å²) in [5.74, 6) is 1.79. The predicted molar refractivity (Wildman–Crippen MR) is 102 cm³/mol. The van der Waals surface area contributed by atoms with Crippen LogP contribution in [0, 0.1) is 0 Å². The summed E-state index contributed by atoms with van der Waals surface area (Å²) in [5, 5.41) is 11.4. The second-order valence-electron chi connectivity index (χ2n) is 6.38. The van der Waals surface area contributed by atoms with Crippen molar-refractivity contribution in [3.8, 4) is 0 Å². The summed E-state index contributed by atoms with van der Waals surface area (Å²) in [7, 11) is 2.00. The number of aromatic nitrogens is 3. The van der Waals surface area contributed by atoms with Crippen LogP contribution in [0.2, 0.25) is 0 Å². The third-order valence-corrected chi connectivity index (χ3v) is 4.03. The van der Waals surface area contributed by atoms with Crippen LogP contribution in [0.25, 0.3) is 0 Å². The lowest BCUT2D eigenvalue weighted by molar-refractivity contribution is 0.864. The lowest BCUT2D eigenvalue weighted by atomic mass is 10.0. The minimum absolute atomic E-state index is 0.495. The van der Waals surface area contributed by atoms with Gasteiger partial charge in [0.05, 0.1) is 6.20 Å². The van der Waals surface area contributed by atoms with Crippen molar-refractivity contribution in [2.45, 2.75) is 26.3 Å². The van der Waals surface area contributed by atoms with Crippen LogP contribution in [0.3, 0.4) is 0 Å². The van der Waals surface area contributed by atoms with Crippen molar-refractivity contribution >= 4 is 17.5 Å². The van der Waals surface area contributed by atoms with Crippen molar-refractivity contribution in [2.24, 2.45) is 0 Å². The first-order chi connectivity index (χ1) is 12.1. The van der Waals surface area contributed by atoms with Crippen molar-refractivity contribution in [1.29, 1.82) is 0 Å². The van der Waals surface area contributed by atoms with Crippen molar-refractivity contribution in [3.05, 3.63) is 71.9 Å². The average molecular weight is 333 g/mol. The molecule has 1 heterocycles. The molecule has 1 aromatic heterocycles. The molecule has 0 aliphatic rings. The Balaban J connectivity index is 1.70. The van der Waals surface area contributed by atoms with E-state index in [4.69, 9.17) is 0 Å². The summed E-state index contributed by atoms with van der Waals surface area (Å²) in [5.41, 5.74) is 3.48. The number of rotatable bonds is 6. The van der Waals surface area contributed by atoms with Crippen molar-refractivity contribution < 1.29 is 0 Å². The summed E-state index contributed by atoms with van der Waals surface area (Å²) in [4.78, 5) is 6.62. The highest BCUT2D eigenvalue weighted by Crippen LogP contribution is 2.20. The third kappa shape index (κ3) is 4.53. The Hall–Kier alpha value is -2.95. The first kappa shape index (κ1) is 16.9. The van der Waals surface area contributed by atoms with E-state index in [0.29, 0.717) is 11.9 Å². The van der Waals surface area contributed by atoms with Gasteiger partial charge in [0.1, 0.15) is 0 Å². The Morgan fingerprint density at radius 1 is 1.00 bits per heavy atom. The van der Waals surface area contributed by atoms with Gasteiger partial charge in [-0.2, -0.15) is 10.1 Å². The quantitative estimate of drug-likeness (QED) is 0.726. The fourth-order valence-corrected chi connectivity index (χ4v) is 2.55. The van der Waals surface area contributed by atoms with Gasteiger partial charge in [-0.15, -0.1) is 5.10 Å². The van der Waals surface area contributed by atoms with Gasteiger partial charge in [-0.1, -0.05) is 56.3 Å². The summed E-state index contributed by atoms with van der Waals surface area (Å²) < 4.78 is 0. The van der Waals surface area contributed by atoms with Crippen LogP contribution in [0.5, 0.6) is 0 Å². The van der Waals surface area contributed by atoms with E-state index < -0.39 is 0 Å². The summed E-state index contributed by atoms with van der Waals surface area (Å²) in [6.07, 6.45) is 1.68. The van der Waals surface area contributed by atoms with Crippen LogP contribution in [-0.4, -0.2) is 22.2 Å². The number of hydrogen-bond acceptors (Lipinski definition) is 5. The standard InChI is InChI=1S/C20H23N5/c1-15(2)17-9-11-18(12-10-17)22-20-23-19(13-21-24-20)25(3)14-16-7-5-4-6-8-16/h4-13,15H,14H2,1-3H3,(H,22,23,24). The molecule has 0 spiro atoms. The molecule has 3 rings (SSSR count). The molecule has 5 nitrogen and oxygen atoms in total. The summed E-state index contributed by atoms with van der Waals surface area (Å²) in [6, 6.07) is 18.6. The molecule has 25 heavy (non-hydrogen) atoms. The fourth-order valence-electron chi connectivity index (χ4n) is 2.55. The number of nitrogens with zero attached hydrogens (tertiary/aromatic N) is 4. The Morgan fingerprint density at radius 2 is 1.72 bits per heavy atom. The first-order valence-corrected chi connectivity index (χ1v) is 8.43. The summed E-state index contributed by atoms with van der Waals surface area (Å²) in [6.45, 7) is 5.13. The van der Waals surface area contributed by atoms with E-state index in [1.165, 1.54) is 11.1 Å². The molecule has 0 bridgehead atoms. The van der Waals surface area contributed by atoms with Crippen molar-refractivity contribution in [2.75, 3.05) is 17.3 Å². The van der Waals surface area contributed by atoms with Gasteiger partial charge in [0.2, 0.25) is 5.95 Å². The molecular weight excluding hydrogens is 310 g/mol. The van der Waals surface area contributed by atoms with E-state index in [0.717, 1.165) is 18.1 Å². The maximum absolute atomic E-state index is 4.56. The molecule has 0 unspecified atom stereocenters. The molecule has 3 aromatic rings. The van der Waals surface area contributed by atoms with Gasteiger partial charge in [0, 0.05) is 19.3 Å². The van der Waals surface area contributed by atoms with E-state index in [-0.39, 0.29) is 0 Å². The zero-order valence-corrected chi connectivity index (χ0v) is 14.8. The molecule has 0 radical (unpaired) electrons. The topological polar surface area (TPSA) is 53.9 Å². The van der Waals surface area contributed by atoms with Gasteiger partial charge < -0.3 is 10.2 Å². The SMILES string of the molecule is CC(C)c1ccc(Nc2nncc(N(C)Cc3ccccc3)n2)cc1. The molecule has 2 aromatic carbocycles. The Bertz CT molecular complexity index is 800. The van der Waals surface area contributed by atoms with Crippen LogP contribution in [0.15, 0.2) is 60.8 Å². The molecule has 0 aliphatic heterocycles. The molecule has 0 aliphatic carbocycles. The van der Waals surface area contributed by atoms with Gasteiger partial charge >= 0.3 is 0 Å². The van der Waals surface area contributed by atoms with E-state index in [1.807, 2.05) is 37.4 Å². The van der Waals surface area contributed by atoms with Gasteiger partial charge in [-0.25, -0.2) is 0 Å². The second-order valence-corrected chi connectivity index (χ2v) is 6.38. The maximum Gasteiger partial charge on any atom is 0.249 e. The fraction of sp³-hybridized carbons (Fsp3) is 0.250. The zero-order valence-electron chi connectivity index (χ0n) is 14.8. The average Bonchev–Trinajstić information content (AvgIpc) is 2.63. The molecule has 5 heteroatoms. The number of nitrogens with one attached hydrogen (secondary N) is 1. The number of benzene rings is 2. The van der Waals surface area contributed by atoms with Crippen LogP contribution in [-0.2, 0) is 6.54 Å². The molecule has 1 N–H and O–H groups in total. The van der Waals surface area contributed by atoms with E-state index in [2.05, 4.69) is 63.5 Å². The zero-order chi connectivity index (χ0) is 17.6. The van der Waals surface area contributed by atoms with Gasteiger partial charge in [0.15, 0.2) is 5.82 Å². The second kappa shape index (κ2) is 7.75. The molecular formula is C20H23N5. The van der Waals surface area contributed by atoms with E-state index in [9.17, 15) is 0 Å². The van der Waals surface area contributed by atoms with Gasteiger partial charge in [-0.05, 0) is 29.2 Å². The molecule has 0 atom stereocenters. The maximum atomic E-state index is 4.56. The minimum atomic E-state index is 0.495. The van der Waals surface area contributed by atoms with E-state index >= 15 is 0 Å². The minimum Gasteiger partial charge on any atom is -0.354 e. The smallest absolute Gasteiger partial charge is 0.249 e. The lowest BCUT2D eigenvalue weighted by Gasteiger charge is -2.18. The number of anilines is 3. The lowest BCUT2D eigenvalue weighted by Crippen LogP contribution is -2.18. The van der Waals surface area contributed by atoms with Crippen molar-refractivity contribution in [1.82, 2.24) is 15.2 Å². The monoisotopic (exact) mass is 333 g/mol. The Kier molecular flexibility index (Phi) is 5.23. The molecule has 128 valence electrons. The van der Waals surface area contributed by atoms with Gasteiger partial charge in [0.25, 0.3) is 0 Å². The van der Waals surface area contributed by atoms with Gasteiger partial charge in [-0.3, -0.25) is 0 Å². The molecule has 0 saturated heterocycles. The molecule has 0 amide bonds. The highest BCUT2D eigenvalue weighted by molar-refractivity contribution is 5.55. The highest BCUT2D eigenvalue weighted by atomic mass is 15.3. The van der Waals surface area contributed by atoms with Crippen LogP contribution in [0.4, 0.5) is 17.5 Å². The highest BCUT2D eigenvalue weighted by Gasteiger charge is 2.07. The Morgan fingerprint density at radius 3 is 2.40 bits per heavy atom. The van der Waals surface area contributed by atoms with Crippen LogP contribution >= 0.6 is 0 Å². The third-order valence-electron chi connectivity index (χ3n) is 4.03.